The van der Waals surface area contributed by atoms with E-state index in [0.29, 0.717) is 26.6 Å². The third-order valence-electron chi connectivity index (χ3n) is 2.79. The first kappa shape index (κ1) is 13.2. The smallest absolute Gasteiger partial charge is 0.284 e. The molecule has 0 fully saturated rings. The molecule has 0 saturated carbocycles. The summed E-state index contributed by atoms with van der Waals surface area (Å²) in [5.41, 5.74) is 6.80. The van der Waals surface area contributed by atoms with Gasteiger partial charge in [-0.25, -0.2) is 9.97 Å². The normalized spacial score (nSPS) is 10.5. The predicted octanol–water partition coefficient (Wildman–Crippen LogP) is 2.04. The fourth-order valence-corrected chi connectivity index (χ4v) is 2.57. The molecule has 0 radical (unpaired) electrons. The Morgan fingerprint density at radius 2 is 1.90 bits per heavy atom. The number of primary amides is 1. The van der Waals surface area contributed by atoms with Gasteiger partial charge >= 0.3 is 0 Å². The SMILES string of the molecule is NC(=O)c1ccc(NC(=O)c2nc3cccnc3s2)cc1. The van der Waals surface area contributed by atoms with Crippen molar-refractivity contribution in [3.05, 3.63) is 53.2 Å². The zero-order valence-corrected chi connectivity index (χ0v) is 11.6. The van der Waals surface area contributed by atoms with Crippen LogP contribution in [0.15, 0.2) is 42.6 Å². The molecule has 3 N–H and O–H groups in total. The van der Waals surface area contributed by atoms with Gasteiger partial charge in [-0.3, -0.25) is 9.59 Å². The quantitative estimate of drug-likeness (QED) is 0.773. The number of amides is 2. The van der Waals surface area contributed by atoms with Crippen LogP contribution in [-0.4, -0.2) is 21.8 Å². The Balaban J connectivity index is 1.80. The van der Waals surface area contributed by atoms with Gasteiger partial charge < -0.3 is 11.1 Å². The van der Waals surface area contributed by atoms with E-state index in [1.54, 1.807) is 42.6 Å². The number of aromatic nitrogens is 2. The molecule has 104 valence electrons. The average Bonchev–Trinajstić information content (AvgIpc) is 2.92. The van der Waals surface area contributed by atoms with Crippen LogP contribution in [0.5, 0.6) is 0 Å². The number of nitrogens with zero attached hydrogens (tertiary/aromatic N) is 2. The van der Waals surface area contributed by atoms with E-state index in [9.17, 15) is 9.59 Å². The van der Waals surface area contributed by atoms with Crippen LogP contribution in [0.4, 0.5) is 5.69 Å². The van der Waals surface area contributed by atoms with E-state index in [4.69, 9.17) is 5.73 Å². The number of anilines is 1. The van der Waals surface area contributed by atoms with Gasteiger partial charge in [0.2, 0.25) is 5.91 Å². The van der Waals surface area contributed by atoms with Gasteiger partial charge in [-0.15, -0.1) is 0 Å². The second-order valence-corrected chi connectivity index (χ2v) is 5.22. The summed E-state index contributed by atoms with van der Waals surface area (Å²) in [7, 11) is 0. The van der Waals surface area contributed by atoms with Gasteiger partial charge in [-0.05, 0) is 36.4 Å². The van der Waals surface area contributed by atoms with Crippen LogP contribution in [0.25, 0.3) is 10.3 Å². The molecular weight excluding hydrogens is 288 g/mol. The van der Waals surface area contributed by atoms with Crippen molar-refractivity contribution in [2.75, 3.05) is 5.32 Å². The lowest BCUT2D eigenvalue weighted by molar-refractivity contribution is 0.0998. The maximum Gasteiger partial charge on any atom is 0.284 e. The minimum Gasteiger partial charge on any atom is -0.366 e. The summed E-state index contributed by atoms with van der Waals surface area (Å²) >= 11 is 1.22. The number of hydrogen-bond donors (Lipinski definition) is 2. The first-order valence-electron chi connectivity index (χ1n) is 6.06. The van der Waals surface area contributed by atoms with E-state index in [-0.39, 0.29) is 5.91 Å². The van der Waals surface area contributed by atoms with E-state index in [2.05, 4.69) is 15.3 Å². The summed E-state index contributed by atoms with van der Waals surface area (Å²) in [6.07, 6.45) is 1.66. The van der Waals surface area contributed by atoms with Crippen LogP contribution in [0.1, 0.15) is 20.2 Å². The monoisotopic (exact) mass is 298 g/mol. The zero-order valence-electron chi connectivity index (χ0n) is 10.7. The lowest BCUT2D eigenvalue weighted by Crippen LogP contribution is -2.13. The molecule has 0 spiro atoms. The van der Waals surface area contributed by atoms with Gasteiger partial charge in [0.05, 0.1) is 0 Å². The van der Waals surface area contributed by atoms with E-state index in [1.165, 1.54) is 11.3 Å². The Bertz CT molecular complexity index is 793. The highest BCUT2D eigenvalue weighted by molar-refractivity contribution is 7.20. The lowest BCUT2D eigenvalue weighted by atomic mass is 10.2. The molecule has 0 aliphatic rings. The molecule has 0 atom stereocenters. The van der Waals surface area contributed by atoms with Gasteiger partial charge in [-0.2, -0.15) is 0 Å². The molecule has 1 aromatic carbocycles. The first-order chi connectivity index (χ1) is 10.1. The average molecular weight is 298 g/mol. The summed E-state index contributed by atoms with van der Waals surface area (Å²) in [5, 5.41) is 3.05. The third kappa shape index (κ3) is 2.72. The van der Waals surface area contributed by atoms with Gasteiger partial charge in [-0.1, -0.05) is 11.3 Å². The number of carbonyl (C=O) groups is 2. The maximum atomic E-state index is 12.1. The molecule has 21 heavy (non-hydrogen) atoms. The Labute approximate surface area is 123 Å². The standard InChI is InChI=1S/C14H10N4O2S/c15-11(19)8-3-5-9(6-4-8)17-12(20)14-18-10-2-1-7-16-13(10)21-14/h1-7H,(H2,15,19)(H,17,20). The molecule has 6 nitrogen and oxygen atoms in total. The Morgan fingerprint density at radius 3 is 2.57 bits per heavy atom. The molecule has 0 bridgehead atoms. The van der Waals surface area contributed by atoms with Crippen LogP contribution in [0.2, 0.25) is 0 Å². The van der Waals surface area contributed by atoms with Gasteiger partial charge in [0.25, 0.3) is 5.91 Å². The molecule has 3 rings (SSSR count). The molecule has 0 aliphatic heterocycles. The molecule has 7 heteroatoms. The predicted molar refractivity (Wildman–Crippen MR) is 80.3 cm³/mol. The summed E-state index contributed by atoms with van der Waals surface area (Å²) in [4.78, 5) is 32.2. The van der Waals surface area contributed by atoms with Crippen LogP contribution in [0, 0.1) is 0 Å². The number of nitrogens with one attached hydrogen (secondary N) is 1. The number of carbonyl (C=O) groups excluding carboxylic acids is 2. The third-order valence-corrected chi connectivity index (χ3v) is 3.77. The van der Waals surface area contributed by atoms with Crippen molar-refractivity contribution in [2.45, 2.75) is 0 Å². The van der Waals surface area contributed by atoms with Crippen LogP contribution >= 0.6 is 11.3 Å². The highest BCUT2D eigenvalue weighted by Gasteiger charge is 2.13. The molecule has 2 amide bonds. The van der Waals surface area contributed by atoms with Crippen molar-refractivity contribution in [1.82, 2.24) is 9.97 Å². The summed E-state index contributed by atoms with van der Waals surface area (Å²) in [6.45, 7) is 0. The number of pyridine rings is 1. The number of benzene rings is 1. The Hall–Kier alpha value is -2.80. The number of hydrogen-bond acceptors (Lipinski definition) is 5. The maximum absolute atomic E-state index is 12.1. The number of fused-ring (bicyclic) bond motifs is 1. The highest BCUT2D eigenvalue weighted by atomic mass is 32.1. The number of thiazole rings is 1. The fourth-order valence-electron chi connectivity index (χ4n) is 1.77. The molecule has 2 aromatic heterocycles. The van der Waals surface area contributed by atoms with Crippen molar-refractivity contribution < 1.29 is 9.59 Å². The van der Waals surface area contributed by atoms with Crippen molar-refractivity contribution in [2.24, 2.45) is 5.73 Å². The van der Waals surface area contributed by atoms with Gasteiger partial charge in [0.1, 0.15) is 10.3 Å². The van der Waals surface area contributed by atoms with Crippen LogP contribution in [0.3, 0.4) is 0 Å². The van der Waals surface area contributed by atoms with Crippen LogP contribution in [-0.2, 0) is 0 Å². The fraction of sp³-hybridized carbons (Fsp3) is 0. The molecular formula is C14H10N4O2S. The summed E-state index contributed by atoms with van der Waals surface area (Å²) in [5.74, 6) is -0.824. The largest absolute Gasteiger partial charge is 0.366 e. The lowest BCUT2D eigenvalue weighted by Gasteiger charge is -2.03. The summed E-state index contributed by atoms with van der Waals surface area (Å²) < 4.78 is 0. The van der Waals surface area contributed by atoms with E-state index >= 15 is 0 Å². The Morgan fingerprint density at radius 1 is 1.14 bits per heavy atom. The summed E-state index contributed by atoms with van der Waals surface area (Å²) in [6, 6.07) is 9.91. The molecule has 0 aliphatic carbocycles. The van der Waals surface area contributed by atoms with E-state index in [0.717, 1.165) is 0 Å². The second kappa shape index (κ2) is 5.29. The van der Waals surface area contributed by atoms with Gasteiger partial charge in [0, 0.05) is 17.4 Å². The highest BCUT2D eigenvalue weighted by Crippen LogP contribution is 2.20. The number of nitrogens with two attached hydrogens (primary N) is 1. The topological polar surface area (TPSA) is 98.0 Å². The first-order valence-corrected chi connectivity index (χ1v) is 6.88. The number of rotatable bonds is 3. The Kier molecular flexibility index (Phi) is 3.33. The van der Waals surface area contributed by atoms with Crippen molar-refractivity contribution in [3.63, 3.8) is 0 Å². The minimum atomic E-state index is -0.509. The van der Waals surface area contributed by atoms with Crippen molar-refractivity contribution in [1.29, 1.82) is 0 Å². The van der Waals surface area contributed by atoms with Crippen LogP contribution < -0.4 is 11.1 Å². The minimum absolute atomic E-state index is 0.315. The molecule has 3 aromatic rings. The van der Waals surface area contributed by atoms with Gasteiger partial charge in [0.15, 0.2) is 5.01 Å². The second-order valence-electron chi connectivity index (χ2n) is 4.24. The molecule has 0 unspecified atom stereocenters. The van der Waals surface area contributed by atoms with Crippen molar-refractivity contribution in [3.8, 4) is 0 Å². The van der Waals surface area contributed by atoms with E-state index in [1.807, 2.05) is 0 Å². The van der Waals surface area contributed by atoms with Crippen molar-refractivity contribution >= 4 is 39.2 Å². The molecule has 2 heterocycles. The zero-order chi connectivity index (χ0) is 14.8. The van der Waals surface area contributed by atoms with E-state index < -0.39 is 5.91 Å². The molecule has 0 saturated heterocycles.